The van der Waals surface area contributed by atoms with E-state index in [4.69, 9.17) is 24.3 Å². The van der Waals surface area contributed by atoms with Gasteiger partial charge < -0.3 is 25.2 Å². The number of esters is 2. The summed E-state index contributed by atoms with van der Waals surface area (Å²) in [6.45, 7) is 3.44. The maximum Gasteiger partial charge on any atom is 0.472 e. The van der Waals surface area contributed by atoms with Crippen molar-refractivity contribution in [3.05, 3.63) is 85.1 Å². The van der Waals surface area contributed by atoms with Gasteiger partial charge in [-0.05, 0) is 77.0 Å². The number of unbranched alkanes of at least 4 members (excludes halogenated alkanes) is 11. The summed E-state index contributed by atoms with van der Waals surface area (Å²) in [7, 11) is -4.43. The number of hydrogen-bond acceptors (Lipinski definition) is 9. The first-order valence-electron chi connectivity index (χ1n) is 21.2. The van der Waals surface area contributed by atoms with Crippen molar-refractivity contribution in [2.24, 2.45) is 5.73 Å². The number of hydrogen-bond donors (Lipinski definition) is 3. The third-order valence-electron chi connectivity index (χ3n) is 8.33. The molecular formula is C45H76NO9P. The van der Waals surface area contributed by atoms with Crippen molar-refractivity contribution < 1.29 is 42.7 Å². The van der Waals surface area contributed by atoms with Crippen LogP contribution in [0.15, 0.2) is 85.1 Å². The third kappa shape index (κ3) is 39.4. The molecular weight excluding hydrogens is 729 g/mol. The number of phosphoric ester groups is 1. The van der Waals surface area contributed by atoms with E-state index in [-0.39, 0.29) is 32.6 Å². The van der Waals surface area contributed by atoms with Crippen molar-refractivity contribution >= 4 is 19.8 Å². The first-order chi connectivity index (χ1) is 27.2. The van der Waals surface area contributed by atoms with E-state index in [2.05, 4.69) is 62.5 Å². The second kappa shape index (κ2) is 40.4. The van der Waals surface area contributed by atoms with Crippen molar-refractivity contribution in [1.82, 2.24) is 0 Å². The summed E-state index contributed by atoms with van der Waals surface area (Å²) in [6.07, 6.45) is 46.5. The Labute approximate surface area is 339 Å². The third-order valence-corrected chi connectivity index (χ3v) is 9.32. The molecule has 0 aromatic carbocycles. The molecule has 0 aliphatic heterocycles. The van der Waals surface area contributed by atoms with Crippen LogP contribution in [0.1, 0.15) is 149 Å². The van der Waals surface area contributed by atoms with Crippen LogP contribution >= 0.6 is 7.82 Å². The number of phosphoric acid groups is 1. The predicted octanol–water partition coefficient (Wildman–Crippen LogP) is 11.0. The second-order valence-corrected chi connectivity index (χ2v) is 15.2. The molecule has 11 heteroatoms. The van der Waals surface area contributed by atoms with E-state index in [1.807, 2.05) is 24.3 Å². The highest BCUT2D eigenvalue weighted by Crippen LogP contribution is 2.43. The Morgan fingerprint density at radius 2 is 1.14 bits per heavy atom. The summed E-state index contributed by atoms with van der Waals surface area (Å²) >= 11 is 0. The first kappa shape index (κ1) is 53.1. The minimum absolute atomic E-state index is 0.0202. The Bertz CT molecular complexity index is 1210. The number of allylic oxidation sites excluding steroid dienone is 12. The number of ether oxygens (including phenoxy) is 2. The Hall–Kier alpha value is -2.85. The van der Waals surface area contributed by atoms with Crippen molar-refractivity contribution in [2.45, 2.75) is 161 Å². The Morgan fingerprint density at radius 1 is 0.625 bits per heavy atom. The Morgan fingerprint density at radius 3 is 1.79 bits per heavy atom. The molecule has 56 heavy (non-hydrogen) atoms. The van der Waals surface area contributed by atoms with Crippen LogP contribution < -0.4 is 5.73 Å². The molecule has 0 aromatic rings. The minimum Gasteiger partial charge on any atom is -0.462 e. The maximum atomic E-state index is 12.5. The minimum atomic E-state index is -4.43. The van der Waals surface area contributed by atoms with E-state index in [1.54, 1.807) is 12.2 Å². The lowest BCUT2D eigenvalue weighted by atomic mass is 10.1. The van der Waals surface area contributed by atoms with E-state index in [0.717, 1.165) is 32.1 Å². The topological polar surface area (TPSA) is 155 Å². The highest BCUT2D eigenvalue weighted by molar-refractivity contribution is 7.47. The lowest BCUT2D eigenvalue weighted by molar-refractivity contribution is -0.161. The Balaban J connectivity index is 4.46. The quantitative estimate of drug-likeness (QED) is 0.0180. The molecule has 0 radical (unpaired) electrons. The van der Waals surface area contributed by atoms with Gasteiger partial charge in [-0.3, -0.25) is 18.6 Å². The van der Waals surface area contributed by atoms with Crippen LogP contribution in [0.25, 0.3) is 0 Å². The molecule has 0 amide bonds. The van der Waals surface area contributed by atoms with Crippen LogP contribution in [-0.4, -0.2) is 60.5 Å². The van der Waals surface area contributed by atoms with Crippen molar-refractivity contribution in [3.63, 3.8) is 0 Å². The summed E-state index contributed by atoms with van der Waals surface area (Å²) in [5, 5.41) is 10.1. The second-order valence-electron chi connectivity index (χ2n) is 13.7. The van der Waals surface area contributed by atoms with Crippen LogP contribution in [0.2, 0.25) is 0 Å². The predicted molar refractivity (Wildman–Crippen MR) is 230 cm³/mol. The average molecular weight is 806 g/mol. The van der Waals surface area contributed by atoms with Crippen molar-refractivity contribution in [2.75, 3.05) is 26.4 Å². The van der Waals surface area contributed by atoms with Gasteiger partial charge in [0.05, 0.1) is 19.3 Å². The zero-order valence-corrected chi connectivity index (χ0v) is 35.6. The van der Waals surface area contributed by atoms with Gasteiger partial charge >= 0.3 is 19.8 Å². The number of carbonyl (C=O) groups is 2. The molecule has 320 valence electrons. The van der Waals surface area contributed by atoms with Gasteiger partial charge in [0, 0.05) is 19.4 Å². The molecule has 0 rings (SSSR count). The van der Waals surface area contributed by atoms with Gasteiger partial charge in [-0.25, -0.2) is 4.57 Å². The highest BCUT2D eigenvalue weighted by Gasteiger charge is 2.25. The lowest BCUT2D eigenvalue weighted by Crippen LogP contribution is -2.29. The van der Waals surface area contributed by atoms with Crippen molar-refractivity contribution in [3.8, 4) is 0 Å². The van der Waals surface area contributed by atoms with E-state index in [0.29, 0.717) is 32.1 Å². The molecule has 0 fully saturated rings. The number of nitrogens with two attached hydrogens (primary N) is 1. The molecule has 10 nitrogen and oxygen atoms in total. The van der Waals surface area contributed by atoms with Gasteiger partial charge in [0.15, 0.2) is 6.10 Å². The fourth-order valence-corrected chi connectivity index (χ4v) is 5.90. The number of rotatable bonds is 38. The molecule has 0 aromatic heterocycles. The van der Waals surface area contributed by atoms with Gasteiger partial charge in [-0.1, -0.05) is 144 Å². The van der Waals surface area contributed by atoms with Crippen LogP contribution in [0.3, 0.4) is 0 Å². The normalized spacial score (nSPS) is 14.7. The van der Waals surface area contributed by atoms with E-state index < -0.39 is 38.6 Å². The number of aliphatic hydroxyl groups excluding tert-OH is 1. The average Bonchev–Trinajstić information content (AvgIpc) is 3.18. The number of carbonyl (C=O) groups excluding carboxylic acids is 2. The van der Waals surface area contributed by atoms with Gasteiger partial charge in [-0.15, -0.1) is 0 Å². The highest BCUT2D eigenvalue weighted by atomic mass is 31.2. The van der Waals surface area contributed by atoms with Crippen LogP contribution in [0.5, 0.6) is 0 Å². The van der Waals surface area contributed by atoms with E-state index >= 15 is 0 Å². The molecule has 0 spiro atoms. The maximum absolute atomic E-state index is 12.5. The summed E-state index contributed by atoms with van der Waals surface area (Å²) in [5.74, 6) is -1.03. The molecule has 2 unspecified atom stereocenters. The SMILES string of the molecule is CCCCC/C=C\C/C=C\CC(O)/C=C\C=C\CCCC(=O)O[C@H](COC(=O)CCC/C=C\C/C=C\C/C=C\CCCCCCCC)COP(=O)(O)OCCN. The molecule has 0 aliphatic rings. The summed E-state index contributed by atoms with van der Waals surface area (Å²) < 4.78 is 32.6. The monoisotopic (exact) mass is 806 g/mol. The van der Waals surface area contributed by atoms with Crippen LogP contribution in [0, 0.1) is 0 Å². The molecule has 0 saturated carbocycles. The molecule has 0 saturated heterocycles. The zero-order chi connectivity index (χ0) is 41.2. The molecule has 0 heterocycles. The molecule has 0 aliphatic carbocycles. The fraction of sp³-hybridized carbons (Fsp3) is 0.644. The molecule has 3 atom stereocenters. The lowest BCUT2D eigenvalue weighted by Gasteiger charge is -2.19. The largest absolute Gasteiger partial charge is 0.472 e. The van der Waals surface area contributed by atoms with Gasteiger partial charge in [-0.2, -0.15) is 0 Å². The standard InChI is InChI=1S/C45H76NO9P/c1-3-5-7-9-11-13-14-15-16-17-18-19-20-22-24-28-32-36-44(48)52-40-43(41-54-56(50,51)53-39-38-46)55-45(49)37-33-29-25-27-31-35-42(47)34-30-26-23-21-12-10-8-6-4-2/h12,15-16,18-19,21-22,24-27,30-31,35,42-43,47H,3-11,13-14,17,20,23,28-29,32-34,36-41,46H2,1-2H3,(H,50,51)/b16-15-,19-18-,21-12-,24-22-,27-25+,30-26-,35-31-/t42?,43-/m1/s1. The number of aliphatic hydroxyl groups is 1. The van der Waals surface area contributed by atoms with Gasteiger partial charge in [0.25, 0.3) is 0 Å². The Kier molecular flexibility index (Phi) is 38.3. The van der Waals surface area contributed by atoms with Gasteiger partial charge in [0.1, 0.15) is 6.61 Å². The summed E-state index contributed by atoms with van der Waals surface area (Å²) in [6, 6.07) is 0. The summed E-state index contributed by atoms with van der Waals surface area (Å²) in [4.78, 5) is 34.8. The van der Waals surface area contributed by atoms with Crippen LogP contribution in [0.4, 0.5) is 0 Å². The smallest absolute Gasteiger partial charge is 0.462 e. The van der Waals surface area contributed by atoms with E-state index in [9.17, 15) is 24.2 Å². The molecule has 4 N–H and O–H groups in total. The first-order valence-corrected chi connectivity index (χ1v) is 22.7. The van der Waals surface area contributed by atoms with Crippen LogP contribution in [-0.2, 0) is 32.7 Å². The zero-order valence-electron chi connectivity index (χ0n) is 34.7. The summed E-state index contributed by atoms with van der Waals surface area (Å²) in [5.41, 5.74) is 5.33. The van der Waals surface area contributed by atoms with Gasteiger partial charge in [0.2, 0.25) is 0 Å². The van der Waals surface area contributed by atoms with Crippen molar-refractivity contribution in [1.29, 1.82) is 0 Å². The van der Waals surface area contributed by atoms with E-state index in [1.165, 1.54) is 57.8 Å². The fourth-order valence-electron chi connectivity index (χ4n) is 5.13. The molecule has 0 bridgehead atoms.